The molecule has 2 amide bonds. The van der Waals surface area contributed by atoms with Crippen LogP contribution in [0.1, 0.15) is 17.7 Å². The zero-order chi connectivity index (χ0) is 21.1. The lowest BCUT2D eigenvalue weighted by atomic mass is 10.2. The number of nitriles is 1. The molecule has 2 N–H and O–H groups in total. The van der Waals surface area contributed by atoms with Gasteiger partial charge in [0.2, 0.25) is 0 Å². The second kappa shape index (κ2) is 8.15. The smallest absolute Gasteiger partial charge is 0.337 e. The van der Waals surface area contributed by atoms with Gasteiger partial charge in [0.25, 0.3) is 0 Å². The first-order valence-corrected chi connectivity index (χ1v) is 10.9. The van der Waals surface area contributed by atoms with Crippen molar-refractivity contribution in [1.82, 2.24) is 10.3 Å². The lowest BCUT2D eigenvalue weighted by molar-refractivity contribution is -0.139. The van der Waals surface area contributed by atoms with Gasteiger partial charge in [-0.1, -0.05) is 0 Å². The minimum atomic E-state index is -4.87. The number of hydrogen-bond acceptors (Lipinski definition) is 5. The number of amides is 2. The second-order valence-corrected chi connectivity index (χ2v) is 9.48. The molecule has 0 saturated heterocycles. The normalized spacial score (nSPS) is 12.4. The summed E-state index contributed by atoms with van der Waals surface area (Å²) >= 11 is 0. The van der Waals surface area contributed by atoms with Gasteiger partial charge in [-0.2, -0.15) is 23.4 Å². The van der Waals surface area contributed by atoms with E-state index in [9.17, 15) is 26.4 Å². The van der Waals surface area contributed by atoms with Crippen molar-refractivity contribution in [3.05, 3.63) is 34.8 Å². The molecule has 0 aliphatic heterocycles. The number of halogens is 3. The number of carbonyl (C=O) groups excluding carboxylic acids is 1. The average Bonchev–Trinajstić information content (AvgIpc) is 2.93. The van der Waals surface area contributed by atoms with E-state index >= 15 is 0 Å². The fourth-order valence-electron chi connectivity index (χ4n) is 2.29. The van der Waals surface area contributed by atoms with Crippen molar-refractivity contribution >= 4 is 31.5 Å². The van der Waals surface area contributed by atoms with Crippen LogP contribution in [-0.4, -0.2) is 32.2 Å². The molecule has 150 valence electrons. The molecule has 1 heterocycles. The maximum Gasteiger partial charge on any atom is 0.417 e. The first-order valence-electron chi connectivity index (χ1n) is 7.77. The summed E-state index contributed by atoms with van der Waals surface area (Å²) in [6.45, 7) is 1.73. The van der Waals surface area contributed by atoms with Crippen molar-refractivity contribution < 1.29 is 26.4 Å². The van der Waals surface area contributed by atoms with E-state index in [1.54, 1.807) is 12.3 Å². The third-order valence-corrected chi connectivity index (χ3v) is 6.53. The number of sulfone groups is 1. The van der Waals surface area contributed by atoms with Gasteiger partial charge in [0.05, 0.1) is 39.1 Å². The molecular formula is C16H16F3N4O3S2+. The minimum absolute atomic E-state index is 0.102. The Morgan fingerprint density at radius 3 is 2.61 bits per heavy atom. The van der Waals surface area contributed by atoms with E-state index in [1.807, 2.05) is 6.07 Å². The molecule has 0 fully saturated rings. The van der Waals surface area contributed by atoms with Crippen molar-refractivity contribution in [2.45, 2.75) is 24.4 Å². The molecule has 2 aromatic rings. The molecule has 12 heteroatoms. The molecule has 1 aromatic carbocycles. The maximum atomic E-state index is 13.4. The Labute approximate surface area is 162 Å². The molecule has 1 atom stereocenters. The Balaban J connectivity index is 2.46. The van der Waals surface area contributed by atoms with Crippen LogP contribution in [0.3, 0.4) is 0 Å². The number of nitrogens with zero attached hydrogens (tertiary/aromatic N) is 2. The Morgan fingerprint density at radius 2 is 2.04 bits per heavy atom. The van der Waals surface area contributed by atoms with E-state index in [2.05, 4.69) is 15.6 Å². The average molecular weight is 433 g/mol. The highest BCUT2D eigenvalue weighted by atomic mass is 32.2. The van der Waals surface area contributed by atoms with Gasteiger partial charge in [0.15, 0.2) is 20.1 Å². The van der Waals surface area contributed by atoms with Crippen LogP contribution in [0.4, 0.5) is 23.1 Å². The molecule has 0 aliphatic carbocycles. The molecule has 0 spiro atoms. The summed E-state index contributed by atoms with van der Waals surface area (Å²) in [4.78, 5) is 15.4. The number of aryl methyl sites for hydroxylation is 1. The second-order valence-electron chi connectivity index (χ2n) is 5.73. The highest BCUT2D eigenvalue weighted by Gasteiger charge is 2.38. The quantitative estimate of drug-likeness (QED) is 0.553. The van der Waals surface area contributed by atoms with Crippen molar-refractivity contribution in [2.24, 2.45) is 0 Å². The number of carbonyl (C=O) groups is 1. The van der Waals surface area contributed by atoms with Crippen LogP contribution in [0.25, 0.3) is 4.90 Å². The summed E-state index contributed by atoms with van der Waals surface area (Å²) in [5, 5.41) is 15.1. The predicted molar refractivity (Wildman–Crippen MR) is 98.2 cm³/mol. The summed E-state index contributed by atoms with van der Waals surface area (Å²) in [6.07, 6.45) is -4.06. The van der Waals surface area contributed by atoms with Gasteiger partial charge in [0, 0.05) is 18.9 Å². The van der Waals surface area contributed by atoms with Crippen LogP contribution >= 0.6 is 10.5 Å². The van der Waals surface area contributed by atoms with Crippen molar-refractivity contribution in [2.75, 3.05) is 18.1 Å². The summed E-state index contributed by atoms with van der Waals surface area (Å²) in [5.41, 5.74) is -0.771. The summed E-state index contributed by atoms with van der Waals surface area (Å²) in [7, 11) is -5.19. The Kier molecular flexibility index (Phi) is 6.30. The first-order chi connectivity index (χ1) is 12.9. The van der Waals surface area contributed by atoms with E-state index in [1.165, 1.54) is 6.07 Å². The third kappa shape index (κ3) is 5.20. The molecule has 0 bridgehead atoms. The molecule has 7 nitrogen and oxygen atoms in total. The zero-order valence-electron chi connectivity index (χ0n) is 14.8. The molecular weight excluding hydrogens is 417 g/mol. The highest BCUT2D eigenvalue weighted by Crippen LogP contribution is 2.43. The summed E-state index contributed by atoms with van der Waals surface area (Å²) < 4.78 is 63.6. The van der Waals surface area contributed by atoms with Crippen LogP contribution in [0.5, 0.6) is 0 Å². The number of hydrogen-bond donors (Lipinski definition) is 2. The van der Waals surface area contributed by atoms with Crippen molar-refractivity contribution in [1.29, 1.82) is 5.26 Å². The largest absolute Gasteiger partial charge is 0.417 e. The van der Waals surface area contributed by atoms with E-state index in [0.717, 1.165) is 12.1 Å². The summed E-state index contributed by atoms with van der Waals surface area (Å²) in [6, 6.07) is 4.16. The first kappa shape index (κ1) is 21.6. The maximum absolute atomic E-state index is 13.4. The monoisotopic (exact) mass is 433 g/mol. The van der Waals surface area contributed by atoms with E-state index < -0.39 is 43.0 Å². The Hall–Kier alpha value is -2.65. The van der Waals surface area contributed by atoms with Crippen LogP contribution in [0, 0.1) is 18.3 Å². The van der Waals surface area contributed by atoms with Crippen LogP contribution in [-0.2, 0) is 16.0 Å². The lowest BCUT2D eigenvalue weighted by Crippen LogP contribution is -2.29. The molecule has 0 radical (unpaired) electrons. The molecule has 0 aliphatic rings. The van der Waals surface area contributed by atoms with E-state index in [0.29, 0.717) is 11.9 Å². The lowest BCUT2D eigenvalue weighted by Gasteiger charge is -2.11. The number of alkyl halides is 3. The predicted octanol–water partition coefficient (Wildman–Crippen LogP) is 3.59. The molecule has 1 unspecified atom stereocenters. The van der Waals surface area contributed by atoms with Gasteiger partial charge in [-0.25, -0.2) is 18.5 Å². The van der Waals surface area contributed by atoms with Gasteiger partial charge in [0.1, 0.15) is 0 Å². The van der Waals surface area contributed by atoms with Crippen LogP contribution in [0.15, 0.2) is 28.5 Å². The third-order valence-electron chi connectivity index (χ3n) is 3.43. The fourth-order valence-corrected chi connectivity index (χ4v) is 4.95. The molecule has 28 heavy (non-hydrogen) atoms. The summed E-state index contributed by atoms with van der Waals surface area (Å²) in [5.74, 6) is 0. The number of nitrogens with one attached hydrogen (secondary N) is 2. The van der Waals surface area contributed by atoms with Crippen molar-refractivity contribution in [3.8, 4) is 11.0 Å². The number of aromatic nitrogens is 1. The van der Waals surface area contributed by atoms with E-state index in [-0.39, 0.29) is 23.0 Å². The number of rotatable bonds is 5. The van der Waals surface area contributed by atoms with Crippen LogP contribution < -0.4 is 10.6 Å². The number of urea groups is 1. The van der Waals surface area contributed by atoms with Gasteiger partial charge in [-0.15, -0.1) is 0 Å². The fraction of sp³-hybridized carbons (Fsp3) is 0.312. The standard InChI is InChI=1S/C16H15F3N4O3S2/c1-10-9-27(15(22-10)23-14(24)21-7-3-6-20)11-4-5-13(28(2,25)26)12(8-11)16(17,18)19/h4-5,8-9H,3,7H2,1-2H3,(H-,21,22,23,24)/p+1. The van der Waals surface area contributed by atoms with E-state index in [4.69, 9.17) is 5.26 Å². The molecule has 1 aromatic heterocycles. The molecule has 2 rings (SSSR count). The minimum Gasteiger partial charge on any atom is -0.337 e. The topological polar surface area (TPSA) is 112 Å². The van der Waals surface area contributed by atoms with Gasteiger partial charge in [-0.3, -0.25) is 0 Å². The SMILES string of the molecule is Cc1c[s+](-c2ccc(S(C)(=O)=O)c(C(F)(F)F)c2)c(NC(=O)NCCC#N)n1. The number of thiazole rings is 1. The highest BCUT2D eigenvalue weighted by molar-refractivity contribution is 7.90. The van der Waals surface area contributed by atoms with Gasteiger partial charge < -0.3 is 5.32 Å². The van der Waals surface area contributed by atoms with Gasteiger partial charge in [-0.05, 0) is 19.1 Å². The Morgan fingerprint density at radius 1 is 1.36 bits per heavy atom. The van der Waals surface area contributed by atoms with Gasteiger partial charge >= 0.3 is 17.3 Å². The van der Waals surface area contributed by atoms with Crippen LogP contribution in [0.2, 0.25) is 0 Å². The Bertz CT molecular complexity index is 1040. The number of anilines is 1. The zero-order valence-corrected chi connectivity index (χ0v) is 16.4. The number of benzene rings is 1. The van der Waals surface area contributed by atoms with Crippen molar-refractivity contribution in [3.63, 3.8) is 0 Å². The molecule has 0 saturated carbocycles.